The third-order valence-electron chi connectivity index (χ3n) is 3.79. The number of hydrogen-bond acceptors (Lipinski definition) is 6. The number of ether oxygens (including phenoxy) is 1. The Balaban J connectivity index is 1.86. The first kappa shape index (κ1) is 17.9. The number of aliphatic hydroxyl groups is 1. The predicted octanol–water partition coefficient (Wildman–Crippen LogP) is -0.506. The summed E-state index contributed by atoms with van der Waals surface area (Å²) in [4.78, 5) is 36.2. The minimum absolute atomic E-state index is 0.0494. The molecule has 0 bridgehead atoms. The highest BCUT2D eigenvalue weighted by Gasteiger charge is 2.40. The number of rotatable bonds is 6. The Hall–Kier alpha value is -2.45. The fourth-order valence-corrected chi connectivity index (χ4v) is 2.57. The third kappa shape index (κ3) is 4.53. The van der Waals surface area contributed by atoms with Gasteiger partial charge in [-0.05, 0) is 5.56 Å². The number of carbonyl (C=O) groups excluding carboxylic acids is 2. The van der Waals surface area contributed by atoms with E-state index >= 15 is 0 Å². The Bertz CT molecular complexity index is 606. The maximum atomic E-state index is 12.2. The summed E-state index contributed by atoms with van der Waals surface area (Å²) in [5.41, 5.74) is 6.51. The van der Waals surface area contributed by atoms with E-state index in [1.807, 2.05) is 18.2 Å². The molecule has 1 heterocycles. The van der Waals surface area contributed by atoms with Crippen LogP contribution in [-0.2, 0) is 25.7 Å². The number of aliphatic carboxylic acids is 1. The molecular weight excluding hydrogens is 316 g/mol. The second-order valence-electron chi connectivity index (χ2n) is 5.69. The summed E-state index contributed by atoms with van der Waals surface area (Å²) in [7, 11) is 0. The van der Waals surface area contributed by atoms with E-state index in [2.05, 4.69) is 0 Å². The van der Waals surface area contributed by atoms with Gasteiger partial charge in [-0.3, -0.25) is 9.59 Å². The van der Waals surface area contributed by atoms with Crippen LogP contribution in [0.25, 0.3) is 0 Å². The largest absolute Gasteiger partial charge is 0.480 e. The normalized spacial score (nSPS) is 21.3. The number of carboxylic acid groups (broad SMARTS) is 1. The van der Waals surface area contributed by atoms with Gasteiger partial charge in [-0.15, -0.1) is 0 Å². The lowest BCUT2D eigenvalue weighted by Crippen LogP contribution is -2.49. The number of likely N-dealkylation sites (tertiary alicyclic amines) is 1. The number of amides is 1. The Labute approximate surface area is 138 Å². The molecule has 1 aromatic rings. The summed E-state index contributed by atoms with van der Waals surface area (Å²) in [6.07, 6.45) is -1.32. The van der Waals surface area contributed by atoms with E-state index in [4.69, 9.17) is 15.6 Å². The first-order valence-electron chi connectivity index (χ1n) is 7.55. The molecule has 0 aromatic heterocycles. The fraction of sp³-hybridized carbons (Fsp3) is 0.438. The molecule has 1 aliphatic rings. The highest BCUT2D eigenvalue weighted by Crippen LogP contribution is 2.19. The quantitative estimate of drug-likeness (QED) is 0.597. The van der Waals surface area contributed by atoms with E-state index < -0.39 is 36.0 Å². The van der Waals surface area contributed by atoms with Crippen LogP contribution < -0.4 is 5.73 Å². The monoisotopic (exact) mass is 336 g/mol. The van der Waals surface area contributed by atoms with Gasteiger partial charge in [0.1, 0.15) is 12.6 Å². The van der Waals surface area contributed by atoms with Crippen molar-refractivity contribution in [3.8, 4) is 0 Å². The molecule has 1 aliphatic heterocycles. The SMILES string of the molecule is N[C@@H](CC(=O)OCc1ccccc1)C(=O)N1C[C@H](O)C[C@@H]1C(=O)O. The number of β-amino-alcohol motifs (C(OH)–C–C–N with tert-alkyl or cyclic N) is 1. The van der Waals surface area contributed by atoms with E-state index in [9.17, 15) is 19.5 Å². The molecular formula is C16H20N2O6. The number of carbonyl (C=O) groups is 3. The second-order valence-corrected chi connectivity index (χ2v) is 5.69. The third-order valence-corrected chi connectivity index (χ3v) is 3.79. The first-order chi connectivity index (χ1) is 11.4. The molecule has 1 amide bonds. The molecule has 0 saturated carbocycles. The van der Waals surface area contributed by atoms with E-state index in [0.29, 0.717) is 0 Å². The van der Waals surface area contributed by atoms with Gasteiger partial charge in [-0.1, -0.05) is 30.3 Å². The summed E-state index contributed by atoms with van der Waals surface area (Å²) in [6.45, 7) is -0.0384. The van der Waals surface area contributed by atoms with Crippen molar-refractivity contribution in [3.63, 3.8) is 0 Å². The molecule has 2 rings (SSSR count). The molecule has 0 unspecified atom stereocenters. The van der Waals surface area contributed by atoms with Crippen LogP contribution in [0.5, 0.6) is 0 Å². The molecule has 0 aliphatic carbocycles. The van der Waals surface area contributed by atoms with Gasteiger partial charge >= 0.3 is 11.9 Å². The lowest BCUT2D eigenvalue weighted by Gasteiger charge is -2.24. The van der Waals surface area contributed by atoms with Crippen LogP contribution in [0.1, 0.15) is 18.4 Å². The van der Waals surface area contributed by atoms with Crippen molar-refractivity contribution in [2.45, 2.75) is 37.6 Å². The minimum atomic E-state index is -1.21. The molecule has 24 heavy (non-hydrogen) atoms. The van der Waals surface area contributed by atoms with Gasteiger partial charge in [0.05, 0.1) is 18.6 Å². The van der Waals surface area contributed by atoms with Gasteiger partial charge in [-0.25, -0.2) is 4.79 Å². The predicted molar refractivity (Wildman–Crippen MR) is 82.6 cm³/mol. The number of carboxylic acids is 1. The van der Waals surface area contributed by atoms with Gasteiger partial charge in [-0.2, -0.15) is 0 Å². The molecule has 0 radical (unpaired) electrons. The average Bonchev–Trinajstić information content (AvgIpc) is 2.95. The van der Waals surface area contributed by atoms with Crippen molar-refractivity contribution >= 4 is 17.8 Å². The van der Waals surface area contributed by atoms with Crippen LogP contribution >= 0.6 is 0 Å². The van der Waals surface area contributed by atoms with Crippen LogP contribution in [-0.4, -0.2) is 57.7 Å². The van der Waals surface area contributed by atoms with Gasteiger partial charge < -0.3 is 25.6 Å². The number of benzene rings is 1. The number of hydrogen-bond donors (Lipinski definition) is 3. The van der Waals surface area contributed by atoms with Crippen molar-refractivity contribution in [2.75, 3.05) is 6.54 Å². The standard InChI is InChI=1S/C16H20N2O6/c17-12(7-14(20)24-9-10-4-2-1-3-5-10)15(21)18-8-11(19)6-13(18)16(22)23/h1-5,11-13,19H,6-9,17H2,(H,22,23)/t11-,12+,13-/m1/s1. The summed E-state index contributed by atoms with van der Waals surface area (Å²) in [5, 5.41) is 18.6. The second kappa shape index (κ2) is 7.89. The Kier molecular flexibility index (Phi) is 5.88. The van der Waals surface area contributed by atoms with Crippen molar-refractivity contribution in [1.82, 2.24) is 4.90 Å². The highest BCUT2D eigenvalue weighted by molar-refractivity contribution is 5.90. The zero-order valence-corrected chi connectivity index (χ0v) is 13.0. The zero-order chi connectivity index (χ0) is 17.7. The van der Waals surface area contributed by atoms with Gasteiger partial charge in [0, 0.05) is 13.0 Å². The lowest BCUT2D eigenvalue weighted by molar-refractivity contribution is -0.151. The molecule has 1 fully saturated rings. The van der Waals surface area contributed by atoms with E-state index in [0.717, 1.165) is 10.5 Å². The summed E-state index contributed by atoms with van der Waals surface area (Å²) in [6, 6.07) is 6.71. The van der Waals surface area contributed by atoms with Crippen molar-refractivity contribution in [1.29, 1.82) is 0 Å². The number of nitrogens with two attached hydrogens (primary N) is 1. The maximum absolute atomic E-state index is 12.2. The molecule has 4 N–H and O–H groups in total. The lowest BCUT2D eigenvalue weighted by atomic mass is 10.1. The smallest absolute Gasteiger partial charge is 0.326 e. The number of nitrogens with zero attached hydrogens (tertiary/aromatic N) is 1. The van der Waals surface area contributed by atoms with Crippen LogP contribution in [0, 0.1) is 0 Å². The van der Waals surface area contributed by atoms with Crippen molar-refractivity contribution in [3.05, 3.63) is 35.9 Å². The Morgan fingerprint density at radius 1 is 1.29 bits per heavy atom. The molecule has 0 spiro atoms. The molecule has 3 atom stereocenters. The van der Waals surface area contributed by atoms with Crippen LogP contribution in [0.3, 0.4) is 0 Å². The van der Waals surface area contributed by atoms with E-state index in [1.54, 1.807) is 12.1 Å². The molecule has 8 heteroatoms. The van der Waals surface area contributed by atoms with Crippen LogP contribution in [0.2, 0.25) is 0 Å². The van der Waals surface area contributed by atoms with Crippen molar-refractivity contribution in [2.24, 2.45) is 5.73 Å². The summed E-state index contributed by atoms with van der Waals surface area (Å²) < 4.78 is 5.05. The molecule has 1 aromatic carbocycles. The van der Waals surface area contributed by atoms with Gasteiger partial charge in [0.15, 0.2) is 0 Å². The average molecular weight is 336 g/mol. The summed E-state index contributed by atoms with van der Waals surface area (Å²) in [5.74, 6) is -2.54. The molecule has 130 valence electrons. The highest BCUT2D eigenvalue weighted by atomic mass is 16.5. The van der Waals surface area contributed by atoms with Crippen LogP contribution in [0.4, 0.5) is 0 Å². The van der Waals surface area contributed by atoms with Gasteiger partial charge in [0.2, 0.25) is 5.91 Å². The fourth-order valence-electron chi connectivity index (χ4n) is 2.57. The maximum Gasteiger partial charge on any atom is 0.326 e. The van der Waals surface area contributed by atoms with Crippen molar-refractivity contribution < 1.29 is 29.3 Å². The van der Waals surface area contributed by atoms with Gasteiger partial charge in [0.25, 0.3) is 0 Å². The molecule has 8 nitrogen and oxygen atoms in total. The van der Waals surface area contributed by atoms with E-state index in [1.165, 1.54) is 0 Å². The molecule has 1 saturated heterocycles. The first-order valence-corrected chi connectivity index (χ1v) is 7.55. The number of esters is 1. The number of aliphatic hydroxyl groups excluding tert-OH is 1. The topological polar surface area (TPSA) is 130 Å². The van der Waals surface area contributed by atoms with E-state index in [-0.39, 0.29) is 26.0 Å². The summed E-state index contributed by atoms with van der Waals surface area (Å²) >= 11 is 0. The zero-order valence-electron chi connectivity index (χ0n) is 13.0. The Morgan fingerprint density at radius 3 is 2.58 bits per heavy atom. The van der Waals surface area contributed by atoms with Crippen LogP contribution in [0.15, 0.2) is 30.3 Å². The minimum Gasteiger partial charge on any atom is -0.480 e. The Morgan fingerprint density at radius 2 is 1.96 bits per heavy atom.